The predicted molar refractivity (Wildman–Crippen MR) is 136 cm³/mol. The maximum Gasteiger partial charge on any atom is 0.244 e. The van der Waals surface area contributed by atoms with Gasteiger partial charge in [-0.05, 0) is 37.8 Å². The number of nitrogens with one attached hydrogen (secondary N) is 1. The number of sulfonamides is 1. The van der Waals surface area contributed by atoms with Gasteiger partial charge in [0.1, 0.15) is 12.6 Å². The van der Waals surface area contributed by atoms with Crippen molar-refractivity contribution in [3.63, 3.8) is 0 Å². The fourth-order valence-electron chi connectivity index (χ4n) is 3.93. The molecule has 0 saturated carbocycles. The molecule has 3 rings (SSSR count). The van der Waals surface area contributed by atoms with Gasteiger partial charge in [0.2, 0.25) is 21.8 Å². The van der Waals surface area contributed by atoms with E-state index < -0.39 is 28.5 Å². The van der Waals surface area contributed by atoms with Crippen molar-refractivity contribution in [1.82, 2.24) is 10.2 Å². The normalized spacial score (nSPS) is 12.2. The molecular weight excluding hydrogens is 450 g/mol. The predicted octanol–water partition coefficient (Wildman–Crippen LogP) is 3.47. The molecule has 0 radical (unpaired) electrons. The van der Waals surface area contributed by atoms with Crippen molar-refractivity contribution in [3.05, 3.63) is 77.9 Å². The Kier molecular flexibility index (Phi) is 7.94. The maximum atomic E-state index is 13.6. The van der Waals surface area contributed by atoms with Crippen molar-refractivity contribution in [2.45, 2.75) is 33.4 Å². The summed E-state index contributed by atoms with van der Waals surface area (Å²) < 4.78 is 26.8. The zero-order valence-corrected chi connectivity index (χ0v) is 20.8. The van der Waals surface area contributed by atoms with Gasteiger partial charge in [0.05, 0.1) is 11.9 Å². The number of hydrogen-bond donors (Lipinski definition) is 1. The van der Waals surface area contributed by atoms with Crippen molar-refractivity contribution in [2.24, 2.45) is 0 Å². The van der Waals surface area contributed by atoms with Gasteiger partial charge in [-0.1, -0.05) is 66.2 Å². The van der Waals surface area contributed by atoms with Crippen LogP contribution in [0.25, 0.3) is 10.8 Å². The molecule has 0 heterocycles. The number of aryl methyl sites for hydroxylation is 1. The van der Waals surface area contributed by atoms with Crippen LogP contribution >= 0.6 is 0 Å². The molecule has 2 amide bonds. The number of benzene rings is 3. The first-order valence-electron chi connectivity index (χ1n) is 11.2. The molecule has 0 aliphatic heterocycles. The topological polar surface area (TPSA) is 86.8 Å². The molecule has 1 atom stereocenters. The summed E-state index contributed by atoms with van der Waals surface area (Å²) in [7, 11) is -3.79. The molecule has 3 aromatic rings. The molecule has 0 aromatic heterocycles. The van der Waals surface area contributed by atoms with Crippen LogP contribution in [-0.4, -0.2) is 50.5 Å². The summed E-state index contributed by atoms with van der Waals surface area (Å²) in [5.74, 6) is -0.752. The quantitative estimate of drug-likeness (QED) is 0.507. The number of carbonyl (C=O) groups excluding carboxylic acids is 2. The van der Waals surface area contributed by atoms with Crippen LogP contribution in [0.1, 0.15) is 25.0 Å². The number of carbonyl (C=O) groups is 2. The third-order valence-corrected chi connectivity index (χ3v) is 6.79. The largest absolute Gasteiger partial charge is 0.355 e. The summed E-state index contributed by atoms with van der Waals surface area (Å²) in [6.07, 6.45) is 1.08. The first-order chi connectivity index (χ1) is 16.1. The van der Waals surface area contributed by atoms with Gasteiger partial charge in [-0.2, -0.15) is 0 Å². The number of hydrogen-bond acceptors (Lipinski definition) is 4. The van der Waals surface area contributed by atoms with Crippen LogP contribution in [0.4, 0.5) is 5.69 Å². The summed E-state index contributed by atoms with van der Waals surface area (Å²) >= 11 is 0. The summed E-state index contributed by atoms with van der Waals surface area (Å²) in [5, 5.41) is 4.35. The Hall–Kier alpha value is -3.39. The van der Waals surface area contributed by atoms with E-state index in [1.807, 2.05) is 68.4 Å². The van der Waals surface area contributed by atoms with Crippen LogP contribution in [0.2, 0.25) is 0 Å². The van der Waals surface area contributed by atoms with Crippen molar-refractivity contribution in [1.29, 1.82) is 0 Å². The summed E-state index contributed by atoms with van der Waals surface area (Å²) in [5.41, 5.74) is 2.32. The minimum atomic E-state index is -3.79. The maximum absolute atomic E-state index is 13.6. The summed E-state index contributed by atoms with van der Waals surface area (Å²) in [4.78, 5) is 27.7. The third-order valence-electron chi connectivity index (χ3n) is 5.67. The van der Waals surface area contributed by atoms with E-state index in [-0.39, 0.29) is 12.5 Å². The van der Waals surface area contributed by atoms with E-state index in [1.54, 1.807) is 19.1 Å². The minimum absolute atomic E-state index is 0.186. The van der Waals surface area contributed by atoms with E-state index in [9.17, 15) is 18.0 Å². The van der Waals surface area contributed by atoms with Crippen molar-refractivity contribution in [2.75, 3.05) is 23.7 Å². The number of amides is 2. The van der Waals surface area contributed by atoms with Gasteiger partial charge in [-0.25, -0.2) is 8.42 Å². The zero-order chi connectivity index (χ0) is 24.9. The molecule has 0 aliphatic carbocycles. The second kappa shape index (κ2) is 10.7. The van der Waals surface area contributed by atoms with E-state index in [4.69, 9.17) is 0 Å². The highest BCUT2D eigenvalue weighted by atomic mass is 32.2. The molecule has 0 bridgehead atoms. The molecule has 0 fully saturated rings. The molecule has 0 spiro atoms. The molecule has 0 saturated heterocycles. The fourth-order valence-corrected chi connectivity index (χ4v) is 4.79. The number of likely N-dealkylation sites (N-methyl/N-ethyl adjacent to an activating group) is 1. The Morgan fingerprint density at radius 2 is 1.68 bits per heavy atom. The van der Waals surface area contributed by atoms with Gasteiger partial charge in [0.25, 0.3) is 0 Å². The monoisotopic (exact) mass is 481 g/mol. The van der Waals surface area contributed by atoms with Gasteiger partial charge in [0.15, 0.2) is 0 Å². The molecule has 8 heteroatoms. The van der Waals surface area contributed by atoms with Crippen LogP contribution in [-0.2, 0) is 26.2 Å². The molecule has 3 aromatic carbocycles. The smallest absolute Gasteiger partial charge is 0.244 e. The average molecular weight is 482 g/mol. The van der Waals surface area contributed by atoms with Crippen LogP contribution in [0.3, 0.4) is 0 Å². The molecule has 0 aliphatic rings. The lowest BCUT2D eigenvalue weighted by Crippen LogP contribution is -2.51. The number of nitrogens with zero attached hydrogens (tertiary/aromatic N) is 2. The van der Waals surface area contributed by atoms with Crippen LogP contribution in [0.15, 0.2) is 66.7 Å². The molecule has 1 N–H and O–H groups in total. The first-order valence-corrected chi connectivity index (χ1v) is 13.0. The van der Waals surface area contributed by atoms with Crippen molar-refractivity contribution >= 4 is 38.3 Å². The number of fused-ring (bicyclic) bond motifs is 1. The summed E-state index contributed by atoms with van der Waals surface area (Å²) in [6, 6.07) is 19.7. The van der Waals surface area contributed by atoms with Gasteiger partial charge >= 0.3 is 0 Å². The molecule has 34 heavy (non-hydrogen) atoms. The molecular formula is C26H31N3O4S. The van der Waals surface area contributed by atoms with Gasteiger partial charge in [-0.3, -0.25) is 13.9 Å². The zero-order valence-electron chi connectivity index (χ0n) is 20.0. The number of anilines is 1. The lowest BCUT2D eigenvalue weighted by Gasteiger charge is -2.31. The standard InChI is InChI=1S/C26H31N3O4S/c1-5-27-26(31)20(3)28(17-21-11-8-10-19(2)16-21)25(30)18-29(34(4,32)33)24-15-9-13-22-12-6-7-14-23(22)24/h6-16,20H,5,17-18H2,1-4H3,(H,27,31). The van der Waals surface area contributed by atoms with E-state index in [1.165, 1.54) is 4.90 Å². The highest BCUT2D eigenvalue weighted by Crippen LogP contribution is 2.28. The van der Waals surface area contributed by atoms with E-state index in [0.29, 0.717) is 12.2 Å². The Balaban J connectivity index is 2.00. The highest BCUT2D eigenvalue weighted by molar-refractivity contribution is 7.92. The first kappa shape index (κ1) is 25.2. The van der Waals surface area contributed by atoms with E-state index >= 15 is 0 Å². The van der Waals surface area contributed by atoms with Crippen molar-refractivity contribution < 1.29 is 18.0 Å². The fraction of sp³-hybridized carbons (Fsp3) is 0.308. The SMILES string of the molecule is CCNC(=O)C(C)N(Cc1cccc(C)c1)C(=O)CN(c1cccc2ccccc12)S(C)(=O)=O. The van der Waals surface area contributed by atoms with Crippen LogP contribution in [0.5, 0.6) is 0 Å². The lowest BCUT2D eigenvalue weighted by molar-refractivity contribution is -0.139. The van der Waals surface area contributed by atoms with Gasteiger partial charge in [0, 0.05) is 18.5 Å². The Labute approximate surface area is 201 Å². The lowest BCUT2D eigenvalue weighted by atomic mass is 10.1. The Morgan fingerprint density at radius 3 is 2.35 bits per heavy atom. The highest BCUT2D eigenvalue weighted by Gasteiger charge is 2.30. The number of rotatable bonds is 9. The van der Waals surface area contributed by atoms with Crippen LogP contribution in [0, 0.1) is 6.92 Å². The Bertz CT molecular complexity index is 1280. The molecule has 7 nitrogen and oxygen atoms in total. The average Bonchev–Trinajstić information content (AvgIpc) is 2.79. The van der Waals surface area contributed by atoms with Gasteiger partial charge in [-0.15, -0.1) is 0 Å². The molecule has 1 unspecified atom stereocenters. The second-order valence-corrected chi connectivity index (χ2v) is 10.3. The summed E-state index contributed by atoms with van der Waals surface area (Å²) in [6.45, 7) is 5.62. The van der Waals surface area contributed by atoms with Crippen LogP contribution < -0.4 is 9.62 Å². The van der Waals surface area contributed by atoms with Gasteiger partial charge < -0.3 is 10.2 Å². The van der Waals surface area contributed by atoms with Crippen molar-refractivity contribution in [3.8, 4) is 0 Å². The minimum Gasteiger partial charge on any atom is -0.355 e. The molecule has 180 valence electrons. The Morgan fingerprint density at radius 1 is 1.00 bits per heavy atom. The van der Waals surface area contributed by atoms with E-state index in [2.05, 4.69) is 5.32 Å². The van der Waals surface area contributed by atoms with E-state index in [0.717, 1.165) is 32.5 Å². The second-order valence-electron chi connectivity index (χ2n) is 8.35. The third kappa shape index (κ3) is 5.94.